The van der Waals surface area contributed by atoms with E-state index in [4.69, 9.17) is 5.11 Å². The van der Waals surface area contributed by atoms with Crippen LogP contribution in [0, 0.1) is 11.8 Å². The predicted molar refractivity (Wildman–Crippen MR) is 130 cm³/mol. The fourth-order valence-corrected chi connectivity index (χ4v) is 4.51. The second kappa shape index (κ2) is 9.04. The van der Waals surface area contributed by atoms with Crippen LogP contribution >= 0.6 is 0 Å². The first kappa shape index (κ1) is 20.6. The van der Waals surface area contributed by atoms with Crippen molar-refractivity contribution in [3.05, 3.63) is 70.0 Å². The molecule has 1 aliphatic heterocycles. The second-order valence-electron chi connectivity index (χ2n) is 8.53. The maximum absolute atomic E-state index is 12.8. The number of likely N-dealkylation sites (tertiary alicyclic amines) is 1. The Hall–Kier alpha value is -3.33. The molecule has 162 valence electrons. The average Bonchev–Trinajstić information content (AvgIpc) is 3.23. The summed E-state index contributed by atoms with van der Waals surface area (Å²) in [4.78, 5) is 21.7. The van der Waals surface area contributed by atoms with Crippen LogP contribution in [0.5, 0.6) is 0 Å². The Labute approximate surface area is 187 Å². The van der Waals surface area contributed by atoms with Crippen molar-refractivity contribution in [1.29, 1.82) is 0 Å². The van der Waals surface area contributed by atoms with Gasteiger partial charge in [0.05, 0.1) is 17.9 Å². The lowest BCUT2D eigenvalue weighted by Gasteiger charge is -2.26. The van der Waals surface area contributed by atoms with E-state index in [0.29, 0.717) is 12.0 Å². The molecule has 1 aliphatic rings. The first-order valence-corrected chi connectivity index (χ1v) is 11.3. The highest BCUT2D eigenvalue weighted by molar-refractivity contribution is 5.89. The van der Waals surface area contributed by atoms with Crippen LogP contribution in [0.15, 0.2) is 53.3 Å². The van der Waals surface area contributed by atoms with Crippen molar-refractivity contribution in [2.24, 2.45) is 0 Å². The number of piperidine rings is 1. The van der Waals surface area contributed by atoms with E-state index in [-0.39, 0.29) is 12.2 Å². The Kier molecular flexibility index (Phi) is 5.81. The van der Waals surface area contributed by atoms with E-state index >= 15 is 0 Å². The minimum Gasteiger partial charge on any atom is -0.395 e. The predicted octanol–water partition coefficient (Wildman–Crippen LogP) is 4.40. The van der Waals surface area contributed by atoms with Crippen molar-refractivity contribution in [2.45, 2.75) is 32.2 Å². The average molecular weight is 426 g/mol. The monoisotopic (exact) mass is 425 g/mol. The summed E-state index contributed by atoms with van der Waals surface area (Å²) in [6, 6.07) is 16.2. The fraction of sp³-hybridized carbons (Fsp3) is 0.296. The van der Waals surface area contributed by atoms with Gasteiger partial charge in [-0.15, -0.1) is 0 Å². The van der Waals surface area contributed by atoms with Crippen LogP contribution in [0.4, 0.5) is 0 Å². The van der Waals surface area contributed by atoms with Crippen molar-refractivity contribution in [1.82, 2.24) is 14.9 Å². The largest absolute Gasteiger partial charge is 0.395 e. The maximum Gasteiger partial charge on any atom is 0.257 e. The quantitative estimate of drug-likeness (QED) is 0.425. The first-order chi connectivity index (χ1) is 15.7. The summed E-state index contributed by atoms with van der Waals surface area (Å²) in [5.74, 6) is 6.00. The summed E-state index contributed by atoms with van der Waals surface area (Å²) >= 11 is 0. The molecule has 1 saturated heterocycles. The molecule has 3 N–H and O–H groups in total. The van der Waals surface area contributed by atoms with E-state index in [1.54, 1.807) is 0 Å². The Bertz CT molecular complexity index is 1380. The molecular formula is C27H27N3O2. The number of nitrogens with zero attached hydrogens (tertiary/aromatic N) is 1. The Morgan fingerprint density at radius 2 is 1.69 bits per heavy atom. The Morgan fingerprint density at radius 3 is 2.53 bits per heavy atom. The number of hydrogen-bond acceptors (Lipinski definition) is 3. The number of rotatable bonds is 4. The number of benzene rings is 2. The Balaban J connectivity index is 1.47. The first-order valence-electron chi connectivity index (χ1n) is 11.3. The number of nitrogens with one attached hydrogen (secondary N) is 2. The van der Waals surface area contributed by atoms with E-state index in [1.807, 2.05) is 24.3 Å². The molecule has 5 rings (SSSR count). The van der Waals surface area contributed by atoms with Gasteiger partial charge in [0.25, 0.3) is 5.56 Å². The Morgan fingerprint density at radius 1 is 0.906 bits per heavy atom. The summed E-state index contributed by atoms with van der Waals surface area (Å²) in [6.45, 7) is 3.38. The van der Waals surface area contributed by atoms with E-state index in [1.165, 1.54) is 37.9 Å². The number of aliphatic hydroxyl groups is 1. The normalized spacial score (nSPS) is 14.5. The van der Waals surface area contributed by atoms with Crippen molar-refractivity contribution < 1.29 is 5.11 Å². The van der Waals surface area contributed by atoms with E-state index in [2.05, 4.69) is 51.0 Å². The number of fused-ring (bicyclic) bond motifs is 2. The molecule has 5 nitrogen and oxygen atoms in total. The lowest BCUT2D eigenvalue weighted by molar-refractivity contribution is 0.221. The van der Waals surface area contributed by atoms with Gasteiger partial charge in [-0.1, -0.05) is 24.3 Å². The molecule has 0 spiro atoms. The zero-order chi connectivity index (χ0) is 21.9. The van der Waals surface area contributed by atoms with E-state index in [9.17, 15) is 4.79 Å². The van der Waals surface area contributed by atoms with Crippen LogP contribution in [-0.4, -0.2) is 39.7 Å². The van der Waals surface area contributed by atoms with Crippen molar-refractivity contribution in [3.63, 3.8) is 0 Å². The van der Waals surface area contributed by atoms with Crippen LogP contribution in [0.1, 0.15) is 36.8 Å². The van der Waals surface area contributed by atoms with Gasteiger partial charge in [-0.3, -0.25) is 9.69 Å². The zero-order valence-corrected chi connectivity index (χ0v) is 18.1. The summed E-state index contributed by atoms with van der Waals surface area (Å²) in [5.41, 5.74) is 5.31. The molecule has 0 unspecified atom stereocenters. The third-order valence-electron chi connectivity index (χ3n) is 6.14. The van der Waals surface area contributed by atoms with Gasteiger partial charge >= 0.3 is 0 Å². The lowest BCUT2D eigenvalue weighted by Crippen LogP contribution is -2.28. The molecule has 5 heteroatoms. The van der Waals surface area contributed by atoms with Crippen LogP contribution in [0.3, 0.4) is 0 Å². The van der Waals surface area contributed by atoms with Gasteiger partial charge in [0.15, 0.2) is 0 Å². The van der Waals surface area contributed by atoms with Gasteiger partial charge in [0.2, 0.25) is 0 Å². The van der Waals surface area contributed by atoms with Crippen LogP contribution in [-0.2, 0) is 6.54 Å². The van der Waals surface area contributed by atoms with Crippen molar-refractivity contribution in [3.8, 4) is 23.1 Å². The molecule has 1 fully saturated rings. The van der Waals surface area contributed by atoms with Gasteiger partial charge in [0.1, 0.15) is 0 Å². The third kappa shape index (κ3) is 4.34. The molecule has 4 aromatic rings. The zero-order valence-electron chi connectivity index (χ0n) is 18.1. The SMILES string of the molecule is O=c1[nH]c2ccc(C#CCCO)cc2cc1-c1cc2cc(CN3CCCCC3)ccc2[nH]1. The van der Waals surface area contributed by atoms with Crippen LogP contribution < -0.4 is 5.56 Å². The van der Waals surface area contributed by atoms with Gasteiger partial charge < -0.3 is 15.1 Å². The molecular weight excluding hydrogens is 398 g/mol. The summed E-state index contributed by atoms with van der Waals surface area (Å²) in [6.07, 6.45) is 4.36. The molecule has 0 aliphatic carbocycles. The summed E-state index contributed by atoms with van der Waals surface area (Å²) < 4.78 is 0. The molecule has 0 radical (unpaired) electrons. The topological polar surface area (TPSA) is 72.1 Å². The number of hydrogen-bond donors (Lipinski definition) is 3. The van der Waals surface area contributed by atoms with Gasteiger partial charge in [0, 0.05) is 40.3 Å². The molecule has 0 amide bonds. The number of pyridine rings is 1. The number of aliphatic hydroxyl groups excluding tert-OH is 1. The molecule has 2 aromatic carbocycles. The minimum absolute atomic E-state index is 0.0537. The summed E-state index contributed by atoms with van der Waals surface area (Å²) in [7, 11) is 0. The molecule has 3 heterocycles. The highest BCUT2D eigenvalue weighted by Gasteiger charge is 2.13. The van der Waals surface area contributed by atoms with Gasteiger partial charge in [-0.25, -0.2) is 0 Å². The fourth-order valence-electron chi connectivity index (χ4n) is 4.51. The lowest BCUT2D eigenvalue weighted by atomic mass is 10.1. The van der Waals surface area contributed by atoms with E-state index < -0.39 is 0 Å². The molecule has 0 saturated carbocycles. The maximum atomic E-state index is 12.8. The van der Waals surface area contributed by atoms with Gasteiger partial charge in [-0.2, -0.15) is 0 Å². The smallest absolute Gasteiger partial charge is 0.257 e. The number of aromatic amines is 2. The van der Waals surface area contributed by atoms with Crippen LogP contribution in [0.2, 0.25) is 0 Å². The van der Waals surface area contributed by atoms with Crippen molar-refractivity contribution in [2.75, 3.05) is 19.7 Å². The standard InChI is InChI=1S/C27H27N3O2/c31-13-5-2-6-19-7-9-25-21(14-19)16-23(27(32)29-25)26-17-22-15-20(8-10-24(22)28-26)18-30-11-3-1-4-12-30/h7-10,14-17,28,31H,1,3-5,11-13,18H2,(H,29,32). The number of H-pyrrole nitrogens is 2. The number of aromatic nitrogens is 2. The van der Waals surface area contributed by atoms with Crippen molar-refractivity contribution >= 4 is 21.8 Å². The second-order valence-corrected chi connectivity index (χ2v) is 8.53. The third-order valence-corrected chi connectivity index (χ3v) is 6.14. The molecule has 32 heavy (non-hydrogen) atoms. The minimum atomic E-state index is -0.114. The van der Waals surface area contributed by atoms with Crippen LogP contribution in [0.25, 0.3) is 33.1 Å². The molecule has 2 aromatic heterocycles. The molecule has 0 atom stereocenters. The van der Waals surface area contributed by atoms with E-state index in [0.717, 1.165) is 39.6 Å². The summed E-state index contributed by atoms with van der Waals surface area (Å²) in [5, 5.41) is 11.0. The van der Waals surface area contributed by atoms with Gasteiger partial charge in [-0.05, 0) is 74.0 Å². The highest BCUT2D eigenvalue weighted by Crippen LogP contribution is 2.26. The highest BCUT2D eigenvalue weighted by atomic mass is 16.2. The molecule has 0 bridgehead atoms.